The van der Waals surface area contributed by atoms with Gasteiger partial charge in [0.25, 0.3) is 5.56 Å². The molecule has 1 aromatic heterocycles. The molecule has 4 nitrogen and oxygen atoms in total. The van der Waals surface area contributed by atoms with Crippen molar-refractivity contribution < 1.29 is 9.18 Å². The van der Waals surface area contributed by atoms with E-state index in [-0.39, 0.29) is 24.0 Å². The zero-order valence-corrected chi connectivity index (χ0v) is 9.31. The van der Waals surface area contributed by atoms with Crippen molar-refractivity contribution in [1.29, 1.82) is 0 Å². The van der Waals surface area contributed by atoms with E-state index in [4.69, 9.17) is 0 Å². The Morgan fingerprint density at radius 3 is 3.00 bits per heavy atom. The van der Waals surface area contributed by atoms with E-state index < -0.39 is 0 Å². The number of halogens is 1. The van der Waals surface area contributed by atoms with Crippen molar-refractivity contribution in [3.63, 3.8) is 0 Å². The first-order valence-electron chi connectivity index (χ1n) is 4.62. The van der Waals surface area contributed by atoms with E-state index in [1.165, 1.54) is 29.1 Å². The second-order valence-corrected chi connectivity index (χ2v) is 4.37. The lowest BCUT2D eigenvalue weighted by Crippen LogP contribution is -2.27. The van der Waals surface area contributed by atoms with Crippen LogP contribution in [0.1, 0.15) is 6.92 Å². The zero-order chi connectivity index (χ0) is 11.7. The minimum absolute atomic E-state index is 0.120. The predicted octanol–water partition coefficient (Wildman–Crippen LogP) is 1.30. The molecule has 0 spiro atoms. The Hall–Kier alpha value is -1.69. The average Bonchev–Trinajstić information content (AvgIpc) is 2.52. The minimum Gasteiger partial charge on any atom is -0.338 e. The standard InChI is InChI=1S/C10H9FN2O2S/c1-6(14)12-5-13-10(15)8-3-2-7(11)4-9(8)16-13/h2-4H,5H2,1H3,(H,12,14). The van der Waals surface area contributed by atoms with Gasteiger partial charge in [-0.05, 0) is 18.2 Å². The number of rotatable bonds is 2. The minimum atomic E-state index is -0.375. The van der Waals surface area contributed by atoms with Crippen LogP contribution in [0.4, 0.5) is 4.39 Å². The first-order valence-corrected chi connectivity index (χ1v) is 5.39. The van der Waals surface area contributed by atoms with Crippen molar-refractivity contribution in [3.05, 3.63) is 34.4 Å². The molecule has 2 aromatic rings. The van der Waals surface area contributed by atoms with Gasteiger partial charge < -0.3 is 5.32 Å². The van der Waals surface area contributed by atoms with Crippen LogP contribution in [0.15, 0.2) is 23.0 Å². The molecule has 0 aliphatic rings. The van der Waals surface area contributed by atoms with E-state index in [9.17, 15) is 14.0 Å². The Balaban J connectivity index is 2.44. The molecule has 84 valence electrons. The monoisotopic (exact) mass is 240 g/mol. The molecule has 1 heterocycles. The van der Waals surface area contributed by atoms with E-state index in [1.807, 2.05) is 0 Å². The van der Waals surface area contributed by atoms with Crippen LogP contribution in [0, 0.1) is 5.82 Å². The summed E-state index contributed by atoms with van der Waals surface area (Å²) in [5, 5.41) is 2.99. The normalized spacial score (nSPS) is 10.6. The number of aromatic nitrogens is 1. The third-order valence-electron chi connectivity index (χ3n) is 2.08. The summed E-state index contributed by atoms with van der Waals surface area (Å²) in [5.41, 5.74) is -0.214. The molecule has 0 aliphatic carbocycles. The predicted molar refractivity (Wildman–Crippen MR) is 59.9 cm³/mol. The molecule has 0 saturated heterocycles. The van der Waals surface area contributed by atoms with Gasteiger partial charge in [0.2, 0.25) is 5.91 Å². The van der Waals surface area contributed by atoms with Crippen molar-refractivity contribution in [2.75, 3.05) is 0 Å². The third-order valence-corrected chi connectivity index (χ3v) is 3.13. The van der Waals surface area contributed by atoms with E-state index >= 15 is 0 Å². The Bertz CT molecular complexity index is 602. The summed E-state index contributed by atoms with van der Waals surface area (Å²) in [6.07, 6.45) is 0. The summed E-state index contributed by atoms with van der Waals surface area (Å²) in [5.74, 6) is -0.587. The smallest absolute Gasteiger partial charge is 0.270 e. The van der Waals surface area contributed by atoms with Crippen molar-refractivity contribution in [3.8, 4) is 0 Å². The van der Waals surface area contributed by atoms with Gasteiger partial charge >= 0.3 is 0 Å². The maximum atomic E-state index is 12.9. The topological polar surface area (TPSA) is 51.1 Å². The zero-order valence-electron chi connectivity index (χ0n) is 8.49. The van der Waals surface area contributed by atoms with Crippen LogP contribution in [0.25, 0.3) is 10.1 Å². The van der Waals surface area contributed by atoms with Gasteiger partial charge in [-0.25, -0.2) is 8.35 Å². The fourth-order valence-electron chi connectivity index (χ4n) is 1.33. The highest BCUT2D eigenvalue weighted by atomic mass is 32.1. The number of hydrogen-bond donors (Lipinski definition) is 1. The van der Waals surface area contributed by atoms with Gasteiger partial charge in [0.15, 0.2) is 0 Å². The van der Waals surface area contributed by atoms with E-state index in [0.717, 1.165) is 11.5 Å². The highest BCUT2D eigenvalue weighted by Gasteiger charge is 2.08. The Morgan fingerprint density at radius 1 is 1.56 bits per heavy atom. The van der Waals surface area contributed by atoms with Crippen molar-refractivity contribution in [2.45, 2.75) is 13.6 Å². The molecule has 0 radical (unpaired) electrons. The molecule has 0 aliphatic heterocycles. The number of carbonyl (C=O) groups is 1. The molecule has 6 heteroatoms. The number of nitrogens with zero attached hydrogens (tertiary/aromatic N) is 1. The van der Waals surface area contributed by atoms with E-state index in [0.29, 0.717) is 10.1 Å². The molecule has 0 atom stereocenters. The maximum Gasteiger partial charge on any atom is 0.270 e. The molecule has 0 fully saturated rings. The number of hydrogen-bond acceptors (Lipinski definition) is 3. The fourth-order valence-corrected chi connectivity index (χ4v) is 2.30. The van der Waals surface area contributed by atoms with Crippen LogP contribution >= 0.6 is 11.5 Å². The quantitative estimate of drug-likeness (QED) is 0.860. The second-order valence-electron chi connectivity index (χ2n) is 3.31. The van der Waals surface area contributed by atoms with Gasteiger partial charge in [0.05, 0.1) is 10.1 Å². The summed E-state index contributed by atoms with van der Waals surface area (Å²) in [4.78, 5) is 22.5. The fraction of sp³-hybridized carbons (Fsp3) is 0.200. The number of amides is 1. The highest BCUT2D eigenvalue weighted by Crippen LogP contribution is 2.17. The van der Waals surface area contributed by atoms with Gasteiger partial charge in [0.1, 0.15) is 12.5 Å². The first kappa shape index (κ1) is 10.8. The maximum absolute atomic E-state index is 12.9. The molecule has 0 saturated carbocycles. The largest absolute Gasteiger partial charge is 0.338 e. The molecule has 2 rings (SSSR count). The van der Waals surface area contributed by atoms with E-state index in [1.54, 1.807) is 0 Å². The summed E-state index contributed by atoms with van der Waals surface area (Å²) in [6.45, 7) is 1.49. The molecule has 0 bridgehead atoms. The third kappa shape index (κ3) is 1.96. The van der Waals surface area contributed by atoms with Crippen molar-refractivity contribution in [1.82, 2.24) is 9.27 Å². The lowest BCUT2D eigenvalue weighted by atomic mass is 10.3. The van der Waals surface area contributed by atoms with Crippen LogP contribution in [0.2, 0.25) is 0 Å². The Morgan fingerprint density at radius 2 is 2.31 bits per heavy atom. The number of carbonyl (C=O) groups excluding carboxylic acids is 1. The molecule has 1 N–H and O–H groups in total. The van der Waals surface area contributed by atoms with Crippen LogP contribution in [-0.2, 0) is 11.5 Å². The Labute approximate surface area is 94.5 Å². The first-order chi connectivity index (χ1) is 7.58. The number of nitrogens with one attached hydrogen (secondary N) is 1. The van der Waals surface area contributed by atoms with Gasteiger partial charge in [-0.2, -0.15) is 0 Å². The summed E-state index contributed by atoms with van der Waals surface area (Å²) in [7, 11) is 0. The summed E-state index contributed by atoms with van der Waals surface area (Å²) < 4.78 is 14.9. The highest BCUT2D eigenvalue weighted by molar-refractivity contribution is 7.13. The average molecular weight is 240 g/mol. The number of benzene rings is 1. The summed E-state index contributed by atoms with van der Waals surface area (Å²) >= 11 is 1.13. The lowest BCUT2D eigenvalue weighted by Gasteiger charge is -1.99. The summed E-state index contributed by atoms with van der Waals surface area (Å²) in [6, 6.07) is 4.01. The molecule has 16 heavy (non-hydrogen) atoms. The van der Waals surface area contributed by atoms with Crippen LogP contribution in [0.3, 0.4) is 0 Å². The Kier molecular flexibility index (Phi) is 2.74. The second kappa shape index (κ2) is 4.05. The van der Waals surface area contributed by atoms with Gasteiger partial charge in [-0.3, -0.25) is 9.59 Å². The molecule has 1 amide bonds. The van der Waals surface area contributed by atoms with Gasteiger partial charge in [-0.15, -0.1) is 0 Å². The molecule has 1 aromatic carbocycles. The van der Waals surface area contributed by atoms with Crippen LogP contribution in [0.5, 0.6) is 0 Å². The molecular formula is C10H9FN2O2S. The van der Waals surface area contributed by atoms with Crippen molar-refractivity contribution in [2.24, 2.45) is 0 Å². The van der Waals surface area contributed by atoms with Crippen molar-refractivity contribution >= 4 is 27.5 Å². The van der Waals surface area contributed by atoms with E-state index in [2.05, 4.69) is 5.32 Å². The molecule has 0 unspecified atom stereocenters. The van der Waals surface area contributed by atoms with Crippen LogP contribution in [-0.4, -0.2) is 9.86 Å². The molecular weight excluding hydrogens is 231 g/mol. The number of fused-ring (bicyclic) bond motifs is 1. The van der Waals surface area contributed by atoms with Gasteiger partial charge in [0, 0.05) is 6.92 Å². The van der Waals surface area contributed by atoms with Crippen LogP contribution < -0.4 is 10.9 Å². The van der Waals surface area contributed by atoms with Gasteiger partial charge in [-0.1, -0.05) is 11.5 Å². The SMILES string of the molecule is CC(=O)NCn1sc2cc(F)ccc2c1=O. The lowest BCUT2D eigenvalue weighted by molar-refractivity contribution is -0.119.